The number of nitrogens with zero attached hydrogens (tertiary/aromatic N) is 2. The molecule has 2 rings (SSSR count). The highest BCUT2D eigenvalue weighted by Gasteiger charge is 1.98. The number of anilines is 1. The molecule has 3 nitrogen and oxygen atoms in total. The lowest BCUT2D eigenvalue weighted by atomic mass is 10.2. The van der Waals surface area contributed by atoms with Crippen LogP contribution in [0.1, 0.15) is 5.69 Å². The summed E-state index contributed by atoms with van der Waals surface area (Å²) in [5, 5.41) is 2.01. The number of pyridine rings is 2. The fraction of sp³-hybridized carbons (Fsp3) is 0.111. The van der Waals surface area contributed by atoms with Crippen LogP contribution >= 0.6 is 0 Å². The van der Waals surface area contributed by atoms with E-state index in [-0.39, 0.29) is 0 Å². The molecule has 0 aromatic carbocycles. The fourth-order valence-corrected chi connectivity index (χ4v) is 1.25. The first-order chi connectivity index (χ1) is 5.77. The Bertz CT molecular complexity index is 423. The number of rotatable bonds is 0. The van der Waals surface area contributed by atoms with E-state index in [1.54, 1.807) is 12.4 Å². The maximum atomic E-state index is 5.71. The zero-order chi connectivity index (χ0) is 8.55. The maximum Gasteiger partial charge on any atom is 0.133 e. The Labute approximate surface area is 70.3 Å². The molecule has 2 heterocycles. The van der Waals surface area contributed by atoms with E-state index in [0.717, 1.165) is 16.5 Å². The monoisotopic (exact) mass is 159 g/mol. The standard InChI is InChI=1S/C9H9N3/c1-6-4-7-2-3-11-5-8(7)9(10)12-6/h2-5H,1H3,(H2,10,12). The summed E-state index contributed by atoms with van der Waals surface area (Å²) >= 11 is 0. The summed E-state index contributed by atoms with van der Waals surface area (Å²) in [5.41, 5.74) is 6.64. The molecule has 0 unspecified atom stereocenters. The highest BCUT2D eigenvalue weighted by Crippen LogP contribution is 2.17. The van der Waals surface area contributed by atoms with Crippen molar-refractivity contribution in [2.24, 2.45) is 0 Å². The summed E-state index contributed by atoms with van der Waals surface area (Å²) in [6.45, 7) is 1.93. The highest BCUT2D eigenvalue weighted by molar-refractivity contribution is 5.90. The zero-order valence-electron chi connectivity index (χ0n) is 6.78. The first-order valence-corrected chi connectivity index (χ1v) is 3.74. The van der Waals surface area contributed by atoms with Crippen molar-refractivity contribution >= 4 is 16.6 Å². The third-order valence-electron chi connectivity index (χ3n) is 1.79. The molecule has 0 aliphatic rings. The van der Waals surface area contributed by atoms with E-state index in [1.165, 1.54) is 0 Å². The van der Waals surface area contributed by atoms with E-state index in [2.05, 4.69) is 9.97 Å². The molecule has 0 amide bonds. The van der Waals surface area contributed by atoms with Crippen LogP contribution in [0.2, 0.25) is 0 Å². The van der Waals surface area contributed by atoms with E-state index >= 15 is 0 Å². The molecule has 0 aliphatic heterocycles. The highest BCUT2D eigenvalue weighted by atomic mass is 14.8. The topological polar surface area (TPSA) is 51.8 Å². The molecule has 2 N–H and O–H groups in total. The number of nitrogens with two attached hydrogens (primary N) is 1. The predicted molar refractivity (Wildman–Crippen MR) is 48.7 cm³/mol. The van der Waals surface area contributed by atoms with Crippen molar-refractivity contribution in [1.82, 2.24) is 9.97 Å². The predicted octanol–water partition coefficient (Wildman–Crippen LogP) is 1.52. The van der Waals surface area contributed by atoms with Crippen LogP contribution in [-0.4, -0.2) is 9.97 Å². The molecule has 0 bridgehead atoms. The molecule has 12 heavy (non-hydrogen) atoms. The zero-order valence-corrected chi connectivity index (χ0v) is 6.78. The SMILES string of the molecule is Cc1cc2ccncc2c(N)n1. The normalized spacial score (nSPS) is 10.4. The van der Waals surface area contributed by atoms with E-state index in [1.807, 2.05) is 19.1 Å². The van der Waals surface area contributed by atoms with Gasteiger partial charge in [-0.15, -0.1) is 0 Å². The van der Waals surface area contributed by atoms with Crippen LogP contribution in [0.3, 0.4) is 0 Å². The minimum atomic E-state index is 0.554. The van der Waals surface area contributed by atoms with Gasteiger partial charge in [-0.3, -0.25) is 4.98 Å². The quantitative estimate of drug-likeness (QED) is 0.634. The van der Waals surface area contributed by atoms with Crippen LogP contribution in [0.25, 0.3) is 10.8 Å². The van der Waals surface area contributed by atoms with Gasteiger partial charge in [0, 0.05) is 23.5 Å². The van der Waals surface area contributed by atoms with Crippen molar-refractivity contribution in [2.75, 3.05) is 5.73 Å². The Morgan fingerprint density at radius 2 is 2.25 bits per heavy atom. The smallest absolute Gasteiger partial charge is 0.133 e. The van der Waals surface area contributed by atoms with E-state index < -0.39 is 0 Å². The molecule has 0 saturated heterocycles. The van der Waals surface area contributed by atoms with Gasteiger partial charge in [-0.2, -0.15) is 0 Å². The summed E-state index contributed by atoms with van der Waals surface area (Å²) in [4.78, 5) is 8.12. The first kappa shape index (κ1) is 7.03. The molecular weight excluding hydrogens is 150 g/mol. The molecule has 0 fully saturated rings. The van der Waals surface area contributed by atoms with Gasteiger partial charge in [0.05, 0.1) is 0 Å². The van der Waals surface area contributed by atoms with E-state index in [9.17, 15) is 0 Å². The number of hydrogen-bond donors (Lipinski definition) is 1. The molecule has 0 spiro atoms. The Kier molecular flexibility index (Phi) is 1.43. The number of nitrogen functional groups attached to an aromatic ring is 1. The lowest BCUT2D eigenvalue weighted by Crippen LogP contribution is -1.93. The van der Waals surface area contributed by atoms with Gasteiger partial charge in [-0.25, -0.2) is 4.98 Å². The minimum Gasteiger partial charge on any atom is -0.383 e. The molecule has 0 atom stereocenters. The van der Waals surface area contributed by atoms with Crippen molar-refractivity contribution in [1.29, 1.82) is 0 Å². The van der Waals surface area contributed by atoms with Gasteiger partial charge in [0.25, 0.3) is 0 Å². The van der Waals surface area contributed by atoms with Crippen LogP contribution in [-0.2, 0) is 0 Å². The van der Waals surface area contributed by atoms with Crippen LogP contribution in [0, 0.1) is 6.92 Å². The lowest BCUT2D eigenvalue weighted by molar-refractivity contribution is 1.22. The van der Waals surface area contributed by atoms with Gasteiger partial charge >= 0.3 is 0 Å². The summed E-state index contributed by atoms with van der Waals surface area (Å²) in [6.07, 6.45) is 3.48. The number of hydrogen-bond acceptors (Lipinski definition) is 3. The molecule has 3 heteroatoms. The van der Waals surface area contributed by atoms with Crippen molar-refractivity contribution < 1.29 is 0 Å². The van der Waals surface area contributed by atoms with Gasteiger partial charge in [0.15, 0.2) is 0 Å². The number of aryl methyl sites for hydroxylation is 1. The second kappa shape index (κ2) is 2.44. The number of fused-ring (bicyclic) bond motifs is 1. The van der Waals surface area contributed by atoms with Crippen molar-refractivity contribution in [3.8, 4) is 0 Å². The second-order valence-corrected chi connectivity index (χ2v) is 2.75. The van der Waals surface area contributed by atoms with Crippen LogP contribution in [0.15, 0.2) is 24.5 Å². The summed E-state index contributed by atoms with van der Waals surface area (Å²) in [7, 11) is 0. The molecule has 2 aromatic rings. The minimum absolute atomic E-state index is 0.554. The second-order valence-electron chi connectivity index (χ2n) is 2.75. The molecular formula is C9H9N3. The molecule has 0 radical (unpaired) electrons. The molecule has 0 saturated carbocycles. The average molecular weight is 159 g/mol. The van der Waals surface area contributed by atoms with Gasteiger partial charge in [-0.1, -0.05) is 0 Å². The van der Waals surface area contributed by atoms with Gasteiger partial charge in [0.1, 0.15) is 5.82 Å². The van der Waals surface area contributed by atoms with E-state index in [0.29, 0.717) is 5.82 Å². The van der Waals surface area contributed by atoms with Gasteiger partial charge < -0.3 is 5.73 Å². The Morgan fingerprint density at radius 1 is 1.42 bits per heavy atom. The average Bonchev–Trinajstić information content (AvgIpc) is 2.04. The Hall–Kier alpha value is -1.64. The van der Waals surface area contributed by atoms with Crippen LogP contribution < -0.4 is 5.73 Å². The Balaban J connectivity index is 2.89. The fourth-order valence-electron chi connectivity index (χ4n) is 1.25. The first-order valence-electron chi connectivity index (χ1n) is 3.74. The number of aromatic nitrogens is 2. The summed E-state index contributed by atoms with van der Waals surface area (Å²) in [6, 6.07) is 3.92. The van der Waals surface area contributed by atoms with Crippen molar-refractivity contribution in [2.45, 2.75) is 6.92 Å². The van der Waals surface area contributed by atoms with Gasteiger partial charge in [0.2, 0.25) is 0 Å². The third kappa shape index (κ3) is 0.993. The maximum absolute atomic E-state index is 5.71. The molecule has 2 aromatic heterocycles. The van der Waals surface area contributed by atoms with Crippen molar-refractivity contribution in [3.05, 3.63) is 30.2 Å². The van der Waals surface area contributed by atoms with E-state index in [4.69, 9.17) is 5.73 Å². The summed E-state index contributed by atoms with van der Waals surface area (Å²) in [5.74, 6) is 0.554. The van der Waals surface area contributed by atoms with Gasteiger partial charge in [-0.05, 0) is 24.4 Å². The molecule has 0 aliphatic carbocycles. The largest absolute Gasteiger partial charge is 0.383 e. The van der Waals surface area contributed by atoms with Crippen LogP contribution in [0.4, 0.5) is 5.82 Å². The third-order valence-corrected chi connectivity index (χ3v) is 1.79. The van der Waals surface area contributed by atoms with Crippen LogP contribution in [0.5, 0.6) is 0 Å². The summed E-state index contributed by atoms with van der Waals surface area (Å²) < 4.78 is 0. The molecule has 60 valence electrons. The van der Waals surface area contributed by atoms with Crippen molar-refractivity contribution in [3.63, 3.8) is 0 Å². The lowest BCUT2D eigenvalue weighted by Gasteiger charge is -2.00. The Morgan fingerprint density at radius 3 is 3.08 bits per heavy atom.